The fourth-order valence-corrected chi connectivity index (χ4v) is 2.36. The lowest BCUT2D eigenvalue weighted by molar-refractivity contribution is -0.386. The molecule has 1 amide bonds. The first-order valence-electron chi connectivity index (χ1n) is 6.68. The Bertz CT molecular complexity index is 937. The number of amides is 1. The van der Waals surface area contributed by atoms with Gasteiger partial charge in [0, 0.05) is 6.07 Å². The highest BCUT2D eigenvalue weighted by atomic mass is 79.9. The van der Waals surface area contributed by atoms with Crippen LogP contribution in [-0.4, -0.2) is 15.9 Å². The van der Waals surface area contributed by atoms with Gasteiger partial charge in [0.05, 0.1) is 15.1 Å². The minimum Gasteiger partial charge on any atom is -0.501 e. The maximum atomic E-state index is 13.6. The number of phenolic OH excluding ortho intramolecular Hbond substituents is 1. The van der Waals surface area contributed by atoms with Crippen LogP contribution in [0.2, 0.25) is 0 Å². The van der Waals surface area contributed by atoms with Crippen molar-refractivity contribution in [3.05, 3.63) is 67.9 Å². The number of nitriles is 1. The summed E-state index contributed by atoms with van der Waals surface area (Å²) in [5.74, 6) is -2.12. The molecule has 0 saturated carbocycles. The summed E-state index contributed by atoms with van der Waals surface area (Å²) in [5, 5.41) is 31.9. The maximum absolute atomic E-state index is 13.6. The van der Waals surface area contributed by atoms with E-state index in [9.17, 15) is 24.4 Å². The number of phenols is 1. The second-order valence-corrected chi connectivity index (χ2v) is 5.59. The fraction of sp³-hybridized carbons (Fsp3) is 0. The normalized spacial score (nSPS) is 10.8. The van der Waals surface area contributed by atoms with Crippen molar-refractivity contribution < 1.29 is 19.2 Å². The highest BCUT2D eigenvalue weighted by Gasteiger charge is 2.18. The second-order valence-electron chi connectivity index (χ2n) is 4.73. The highest BCUT2D eigenvalue weighted by molar-refractivity contribution is 9.10. The van der Waals surface area contributed by atoms with E-state index in [-0.39, 0.29) is 15.7 Å². The SMILES string of the molecule is N#C/C(=C/c1cc(Br)c(O)c([N+](=O)[O-])c1)C(=O)Nc1ccccc1F. The molecule has 9 heteroatoms. The summed E-state index contributed by atoms with van der Waals surface area (Å²) in [4.78, 5) is 22.2. The van der Waals surface area contributed by atoms with Crippen LogP contribution in [0.15, 0.2) is 46.4 Å². The number of hydrogen-bond donors (Lipinski definition) is 2. The zero-order chi connectivity index (χ0) is 18.6. The summed E-state index contributed by atoms with van der Waals surface area (Å²) >= 11 is 2.96. The molecule has 7 nitrogen and oxygen atoms in total. The van der Waals surface area contributed by atoms with Crippen LogP contribution in [0, 0.1) is 27.3 Å². The van der Waals surface area contributed by atoms with Gasteiger partial charge in [0.15, 0.2) is 0 Å². The lowest BCUT2D eigenvalue weighted by Gasteiger charge is -2.06. The molecule has 0 heterocycles. The van der Waals surface area contributed by atoms with Gasteiger partial charge in [-0.25, -0.2) is 4.39 Å². The van der Waals surface area contributed by atoms with Crippen LogP contribution in [0.25, 0.3) is 6.08 Å². The summed E-state index contributed by atoms with van der Waals surface area (Å²) in [5.41, 5.74) is -0.953. The molecule has 0 spiro atoms. The number of halogens is 2. The van der Waals surface area contributed by atoms with Crippen LogP contribution < -0.4 is 5.32 Å². The van der Waals surface area contributed by atoms with Crippen molar-refractivity contribution in [1.82, 2.24) is 0 Å². The number of hydrogen-bond acceptors (Lipinski definition) is 5. The van der Waals surface area contributed by atoms with E-state index in [1.54, 1.807) is 6.07 Å². The average Bonchev–Trinajstić information content (AvgIpc) is 2.57. The number of carbonyl (C=O) groups is 1. The van der Waals surface area contributed by atoms with Crippen LogP contribution in [0.5, 0.6) is 5.75 Å². The number of nitro benzene ring substituents is 1. The highest BCUT2D eigenvalue weighted by Crippen LogP contribution is 2.35. The summed E-state index contributed by atoms with van der Waals surface area (Å²) in [6.45, 7) is 0. The number of benzene rings is 2. The van der Waals surface area contributed by atoms with Gasteiger partial charge in [0.1, 0.15) is 17.5 Å². The lowest BCUT2D eigenvalue weighted by Crippen LogP contribution is -2.14. The Hall–Kier alpha value is -3.25. The first kappa shape index (κ1) is 18.1. The summed E-state index contributed by atoms with van der Waals surface area (Å²) in [6, 6.07) is 9.38. The number of anilines is 1. The van der Waals surface area contributed by atoms with E-state index in [4.69, 9.17) is 5.26 Å². The van der Waals surface area contributed by atoms with E-state index in [1.165, 1.54) is 24.3 Å². The monoisotopic (exact) mass is 405 g/mol. The summed E-state index contributed by atoms with van der Waals surface area (Å²) in [7, 11) is 0. The van der Waals surface area contributed by atoms with E-state index in [0.717, 1.165) is 18.2 Å². The van der Waals surface area contributed by atoms with Gasteiger partial charge in [-0.05, 0) is 45.8 Å². The quantitative estimate of drug-likeness (QED) is 0.347. The third-order valence-corrected chi connectivity index (χ3v) is 3.66. The molecule has 0 radical (unpaired) electrons. The van der Waals surface area contributed by atoms with Gasteiger partial charge in [0.2, 0.25) is 5.75 Å². The number of carbonyl (C=O) groups excluding carboxylic acids is 1. The molecule has 0 bridgehead atoms. The number of para-hydroxylation sites is 1. The van der Waals surface area contributed by atoms with Gasteiger partial charge < -0.3 is 10.4 Å². The smallest absolute Gasteiger partial charge is 0.312 e. The van der Waals surface area contributed by atoms with Crippen LogP contribution in [-0.2, 0) is 4.79 Å². The molecule has 126 valence electrons. The zero-order valence-electron chi connectivity index (χ0n) is 12.4. The van der Waals surface area contributed by atoms with Crippen LogP contribution in [0.3, 0.4) is 0 Å². The molecule has 0 aliphatic carbocycles. The topological polar surface area (TPSA) is 116 Å². The Morgan fingerprint density at radius 2 is 2.08 bits per heavy atom. The van der Waals surface area contributed by atoms with Crippen molar-refractivity contribution in [2.45, 2.75) is 0 Å². The lowest BCUT2D eigenvalue weighted by atomic mass is 10.1. The first-order chi connectivity index (χ1) is 11.8. The number of aromatic hydroxyl groups is 1. The van der Waals surface area contributed by atoms with Gasteiger partial charge in [-0.1, -0.05) is 12.1 Å². The molecule has 0 unspecified atom stereocenters. The van der Waals surface area contributed by atoms with Crippen molar-refractivity contribution in [2.24, 2.45) is 0 Å². The Kier molecular flexibility index (Phi) is 5.46. The number of nitro groups is 1. The summed E-state index contributed by atoms with van der Waals surface area (Å²) in [6.07, 6.45) is 1.09. The Morgan fingerprint density at radius 3 is 2.68 bits per heavy atom. The standard InChI is InChI=1S/C16H9BrFN3O4/c17-11-6-9(7-14(15(11)22)21(24)25)5-10(8-19)16(23)20-13-4-2-1-3-12(13)18/h1-7,22H,(H,20,23)/b10-5-. The Labute approximate surface area is 149 Å². The molecule has 2 N–H and O–H groups in total. The molecule has 2 aromatic rings. The number of nitrogens with zero attached hydrogens (tertiary/aromatic N) is 2. The van der Waals surface area contributed by atoms with E-state index in [1.807, 2.05) is 0 Å². The minimum absolute atomic E-state index is 0.0275. The third kappa shape index (κ3) is 4.19. The maximum Gasteiger partial charge on any atom is 0.312 e. The molecule has 0 aromatic heterocycles. The van der Waals surface area contributed by atoms with Gasteiger partial charge in [0.25, 0.3) is 5.91 Å². The molecule has 0 aliphatic heterocycles. The van der Waals surface area contributed by atoms with Gasteiger partial charge in [-0.15, -0.1) is 0 Å². The molecular formula is C16H9BrFN3O4. The van der Waals surface area contributed by atoms with E-state index in [2.05, 4.69) is 21.2 Å². The third-order valence-electron chi connectivity index (χ3n) is 3.06. The minimum atomic E-state index is -0.876. The Balaban J connectivity index is 2.38. The van der Waals surface area contributed by atoms with Crippen molar-refractivity contribution in [2.75, 3.05) is 5.32 Å². The molecule has 25 heavy (non-hydrogen) atoms. The summed E-state index contributed by atoms with van der Waals surface area (Å²) < 4.78 is 13.6. The molecule has 0 saturated heterocycles. The Morgan fingerprint density at radius 1 is 1.40 bits per heavy atom. The molecular weight excluding hydrogens is 397 g/mol. The van der Waals surface area contributed by atoms with Crippen LogP contribution in [0.1, 0.15) is 5.56 Å². The van der Waals surface area contributed by atoms with Crippen LogP contribution >= 0.6 is 15.9 Å². The van der Waals surface area contributed by atoms with E-state index >= 15 is 0 Å². The van der Waals surface area contributed by atoms with Crippen LogP contribution in [0.4, 0.5) is 15.8 Å². The largest absolute Gasteiger partial charge is 0.501 e. The number of nitrogens with one attached hydrogen (secondary N) is 1. The van der Waals surface area contributed by atoms with Crippen molar-refractivity contribution in [3.63, 3.8) is 0 Å². The van der Waals surface area contributed by atoms with Gasteiger partial charge in [-0.3, -0.25) is 14.9 Å². The molecule has 2 aromatic carbocycles. The predicted octanol–water partition coefficient (Wildman–Crippen LogP) is 3.75. The zero-order valence-corrected chi connectivity index (χ0v) is 13.9. The van der Waals surface area contributed by atoms with Crippen molar-refractivity contribution in [3.8, 4) is 11.8 Å². The van der Waals surface area contributed by atoms with E-state index in [0.29, 0.717) is 0 Å². The van der Waals surface area contributed by atoms with Crippen molar-refractivity contribution in [1.29, 1.82) is 5.26 Å². The molecule has 0 atom stereocenters. The van der Waals surface area contributed by atoms with Crippen molar-refractivity contribution >= 4 is 39.3 Å². The second kappa shape index (κ2) is 7.55. The number of rotatable bonds is 4. The first-order valence-corrected chi connectivity index (χ1v) is 7.47. The fourth-order valence-electron chi connectivity index (χ4n) is 1.89. The molecule has 2 rings (SSSR count). The molecule has 0 fully saturated rings. The van der Waals surface area contributed by atoms with Gasteiger partial charge in [-0.2, -0.15) is 5.26 Å². The van der Waals surface area contributed by atoms with Gasteiger partial charge >= 0.3 is 5.69 Å². The predicted molar refractivity (Wildman–Crippen MR) is 91.1 cm³/mol. The molecule has 0 aliphatic rings. The van der Waals surface area contributed by atoms with E-state index < -0.39 is 33.7 Å². The average molecular weight is 406 g/mol.